The zero-order chi connectivity index (χ0) is 21.8. The number of amides is 1. The highest BCUT2D eigenvalue weighted by molar-refractivity contribution is 6.06. The standard InChI is InChI=1S/C24H24N4O3/c1-17-6-2-3-7-19(17)23(29)26-18-9-10-21(20(16-18)24(30)31)27-12-14-28(15-13-27)22-8-4-5-11-25-22/h2-11,16H,12-15H2,1H3,(H,26,29)(H,30,31). The number of hydrogen-bond acceptors (Lipinski definition) is 5. The van der Waals surface area contributed by atoms with Gasteiger partial charge in [0.15, 0.2) is 0 Å². The van der Waals surface area contributed by atoms with Gasteiger partial charge in [0.1, 0.15) is 5.82 Å². The van der Waals surface area contributed by atoms with E-state index in [2.05, 4.69) is 20.1 Å². The number of hydrogen-bond donors (Lipinski definition) is 2. The summed E-state index contributed by atoms with van der Waals surface area (Å²) in [6.45, 7) is 4.74. The SMILES string of the molecule is Cc1ccccc1C(=O)Nc1ccc(N2CCN(c3ccccn3)CC2)c(C(=O)O)c1. The lowest BCUT2D eigenvalue weighted by molar-refractivity contribution is 0.0697. The fraction of sp³-hybridized carbons (Fsp3) is 0.208. The normalized spacial score (nSPS) is 13.7. The third-order valence-corrected chi connectivity index (χ3v) is 5.47. The third-order valence-electron chi connectivity index (χ3n) is 5.47. The van der Waals surface area contributed by atoms with Gasteiger partial charge in [0.05, 0.1) is 11.3 Å². The van der Waals surface area contributed by atoms with Crippen molar-refractivity contribution in [1.29, 1.82) is 0 Å². The van der Waals surface area contributed by atoms with Crippen molar-refractivity contribution in [2.45, 2.75) is 6.92 Å². The van der Waals surface area contributed by atoms with E-state index in [4.69, 9.17) is 0 Å². The van der Waals surface area contributed by atoms with E-state index in [1.54, 1.807) is 30.5 Å². The number of nitrogens with zero attached hydrogens (tertiary/aromatic N) is 3. The molecule has 3 aromatic rings. The average molecular weight is 416 g/mol. The number of anilines is 3. The van der Waals surface area contributed by atoms with Crippen LogP contribution in [-0.2, 0) is 0 Å². The smallest absolute Gasteiger partial charge is 0.337 e. The van der Waals surface area contributed by atoms with Crippen LogP contribution in [-0.4, -0.2) is 48.1 Å². The lowest BCUT2D eigenvalue weighted by Crippen LogP contribution is -2.47. The largest absolute Gasteiger partial charge is 0.478 e. The number of carboxylic acids is 1. The first-order valence-corrected chi connectivity index (χ1v) is 10.2. The fourth-order valence-electron chi connectivity index (χ4n) is 3.80. The maximum absolute atomic E-state index is 12.6. The summed E-state index contributed by atoms with van der Waals surface area (Å²) >= 11 is 0. The van der Waals surface area contributed by atoms with Gasteiger partial charge in [-0.3, -0.25) is 4.79 Å². The van der Waals surface area contributed by atoms with Crippen molar-refractivity contribution < 1.29 is 14.7 Å². The Kier molecular flexibility index (Phi) is 5.84. The predicted molar refractivity (Wildman–Crippen MR) is 121 cm³/mol. The molecule has 2 heterocycles. The van der Waals surface area contributed by atoms with Crippen LogP contribution in [0.2, 0.25) is 0 Å². The summed E-state index contributed by atoms with van der Waals surface area (Å²) in [5, 5.41) is 12.6. The number of piperazine rings is 1. The second-order valence-electron chi connectivity index (χ2n) is 7.47. The molecule has 1 saturated heterocycles. The average Bonchev–Trinajstić information content (AvgIpc) is 2.80. The van der Waals surface area contributed by atoms with Gasteiger partial charge in [-0.15, -0.1) is 0 Å². The Balaban J connectivity index is 1.50. The van der Waals surface area contributed by atoms with Crippen molar-refractivity contribution in [3.8, 4) is 0 Å². The highest BCUT2D eigenvalue weighted by atomic mass is 16.4. The first kappa shape index (κ1) is 20.4. The molecule has 0 unspecified atom stereocenters. The van der Waals surface area contributed by atoms with Crippen LogP contribution in [0.5, 0.6) is 0 Å². The van der Waals surface area contributed by atoms with E-state index in [0.29, 0.717) is 30.0 Å². The maximum atomic E-state index is 12.6. The second-order valence-corrected chi connectivity index (χ2v) is 7.47. The molecule has 0 radical (unpaired) electrons. The highest BCUT2D eigenvalue weighted by Gasteiger charge is 2.23. The van der Waals surface area contributed by atoms with Crippen LogP contribution >= 0.6 is 0 Å². The number of aryl methyl sites for hydroxylation is 1. The van der Waals surface area contributed by atoms with Gasteiger partial charge in [-0.2, -0.15) is 0 Å². The summed E-state index contributed by atoms with van der Waals surface area (Å²) in [5.41, 5.74) is 2.72. The molecule has 2 N–H and O–H groups in total. The molecule has 4 rings (SSSR count). The third kappa shape index (κ3) is 4.50. The summed E-state index contributed by atoms with van der Waals surface area (Å²) < 4.78 is 0. The molecule has 0 atom stereocenters. The van der Waals surface area contributed by atoms with Crippen molar-refractivity contribution in [2.24, 2.45) is 0 Å². The summed E-state index contributed by atoms with van der Waals surface area (Å²) in [5.74, 6) is -0.352. The Morgan fingerprint density at radius 1 is 0.903 bits per heavy atom. The molecule has 158 valence electrons. The van der Waals surface area contributed by atoms with E-state index in [0.717, 1.165) is 24.5 Å². The van der Waals surface area contributed by atoms with Gasteiger partial charge in [-0.25, -0.2) is 9.78 Å². The predicted octanol–water partition coefficient (Wildman–Crippen LogP) is 3.67. The minimum absolute atomic E-state index is 0.175. The van der Waals surface area contributed by atoms with Crippen molar-refractivity contribution in [2.75, 3.05) is 41.3 Å². The minimum Gasteiger partial charge on any atom is -0.478 e. The lowest BCUT2D eigenvalue weighted by Gasteiger charge is -2.37. The van der Waals surface area contributed by atoms with Crippen molar-refractivity contribution >= 4 is 29.1 Å². The van der Waals surface area contributed by atoms with E-state index in [1.165, 1.54) is 6.07 Å². The number of pyridine rings is 1. The van der Waals surface area contributed by atoms with E-state index >= 15 is 0 Å². The van der Waals surface area contributed by atoms with Crippen LogP contribution in [0.4, 0.5) is 17.2 Å². The molecule has 7 nitrogen and oxygen atoms in total. The number of aromatic carboxylic acids is 1. The van der Waals surface area contributed by atoms with E-state index in [1.807, 2.05) is 37.3 Å². The van der Waals surface area contributed by atoms with Crippen LogP contribution in [0.25, 0.3) is 0 Å². The second kappa shape index (κ2) is 8.87. The molecule has 2 aromatic carbocycles. The molecular weight excluding hydrogens is 392 g/mol. The number of benzene rings is 2. The van der Waals surface area contributed by atoms with Gasteiger partial charge in [0.2, 0.25) is 0 Å². The molecule has 7 heteroatoms. The van der Waals surface area contributed by atoms with Crippen LogP contribution < -0.4 is 15.1 Å². The monoisotopic (exact) mass is 416 g/mol. The zero-order valence-electron chi connectivity index (χ0n) is 17.3. The van der Waals surface area contributed by atoms with Crippen molar-refractivity contribution in [3.63, 3.8) is 0 Å². The Hall–Kier alpha value is -3.87. The van der Waals surface area contributed by atoms with E-state index in [9.17, 15) is 14.7 Å². The summed E-state index contributed by atoms with van der Waals surface area (Å²) in [7, 11) is 0. The van der Waals surface area contributed by atoms with Crippen molar-refractivity contribution in [3.05, 3.63) is 83.6 Å². The fourth-order valence-corrected chi connectivity index (χ4v) is 3.80. The number of nitrogens with one attached hydrogen (secondary N) is 1. The van der Waals surface area contributed by atoms with Gasteiger partial charge < -0.3 is 20.2 Å². The minimum atomic E-state index is -1.02. The number of carbonyl (C=O) groups is 2. The molecule has 1 amide bonds. The Morgan fingerprint density at radius 2 is 1.61 bits per heavy atom. The number of rotatable bonds is 5. The van der Waals surface area contributed by atoms with Crippen LogP contribution in [0.15, 0.2) is 66.9 Å². The van der Waals surface area contributed by atoms with Gasteiger partial charge in [0.25, 0.3) is 5.91 Å². The Labute approximate surface area is 181 Å². The van der Waals surface area contributed by atoms with E-state index in [-0.39, 0.29) is 11.5 Å². The number of aromatic nitrogens is 1. The van der Waals surface area contributed by atoms with Gasteiger partial charge in [-0.05, 0) is 48.9 Å². The number of carboxylic acid groups (broad SMARTS) is 1. The zero-order valence-corrected chi connectivity index (χ0v) is 17.3. The Bertz CT molecular complexity index is 1090. The maximum Gasteiger partial charge on any atom is 0.337 e. The molecule has 1 aromatic heterocycles. The molecular formula is C24H24N4O3. The summed E-state index contributed by atoms with van der Waals surface area (Å²) in [6, 6.07) is 18.2. The van der Waals surface area contributed by atoms with Crippen LogP contribution in [0, 0.1) is 6.92 Å². The van der Waals surface area contributed by atoms with E-state index < -0.39 is 5.97 Å². The summed E-state index contributed by atoms with van der Waals surface area (Å²) in [4.78, 5) is 33.2. The molecule has 0 aliphatic carbocycles. The Morgan fingerprint density at radius 3 is 2.29 bits per heavy atom. The van der Waals surface area contributed by atoms with Crippen molar-refractivity contribution in [1.82, 2.24) is 4.98 Å². The molecule has 1 aliphatic heterocycles. The first-order valence-electron chi connectivity index (χ1n) is 10.2. The molecule has 1 aliphatic rings. The topological polar surface area (TPSA) is 85.8 Å². The molecule has 0 spiro atoms. The molecule has 0 saturated carbocycles. The summed E-state index contributed by atoms with van der Waals surface area (Å²) in [6.07, 6.45) is 1.77. The van der Waals surface area contributed by atoms with Crippen LogP contribution in [0.1, 0.15) is 26.3 Å². The van der Waals surface area contributed by atoms with Gasteiger partial charge in [-0.1, -0.05) is 24.3 Å². The molecule has 1 fully saturated rings. The molecule has 0 bridgehead atoms. The van der Waals surface area contributed by atoms with Crippen LogP contribution in [0.3, 0.4) is 0 Å². The highest BCUT2D eigenvalue weighted by Crippen LogP contribution is 2.27. The van der Waals surface area contributed by atoms with Gasteiger partial charge in [0, 0.05) is 43.6 Å². The first-order chi connectivity index (χ1) is 15.0. The lowest BCUT2D eigenvalue weighted by atomic mass is 10.1. The number of carbonyl (C=O) groups excluding carboxylic acids is 1. The molecule has 31 heavy (non-hydrogen) atoms. The van der Waals surface area contributed by atoms with Gasteiger partial charge >= 0.3 is 5.97 Å². The quantitative estimate of drug-likeness (QED) is 0.660.